The Bertz CT molecular complexity index is 852. The fourth-order valence-electron chi connectivity index (χ4n) is 2.39. The van der Waals surface area contributed by atoms with Gasteiger partial charge >= 0.3 is 16.1 Å². The van der Waals surface area contributed by atoms with Gasteiger partial charge in [-0.15, -0.1) is 0 Å². The van der Waals surface area contributed by atoms with Gasteiger partial charge < -0.3 is 8.92 Å². The molecule has 0 bridgehead atoms. The molecule has 2 aromatic rings. The maximum atomic E-state index is 12.3. The standard InChI is InChI=1S/C19H22O5S/c1-13(2)17-9-14(3)10-18(11-17)24-25(21,22)12-15-5-7-16(8-6-15)19(20)23-4/h5-11,13H,12H2,1-4H3. The van der Waals surface area contributed by atoms with Crippen molar-refractivity contribution in [3.8, 4) is 5.75 Å². The molecule has 0 aromatic heterocycles. The second-order valence-electron chi connectivity index (χ2n) is 6.21. The fourth-order valence-corrected chi connectivity index (χ4v) is 3.44. The number of benzene rings is 2. The van der Waals surface area contributed by atoms with Gasteiger partial charge in [0.1, 0.15) is 11.5 Å². The van der Waals surface area contributed by atoms with E-state index < -0.39 is 16.1 Å². The number of carbonyl (C=O) groups excluding carboxylic acids is 1. The Morgan fingerprint density at radius 3 is 2.28 bits per heavy atom. The number of hydrogen-bond acceptors (Lipinski definition) is 5. The van der Waals surface area contributed by atoms with Crippen LogP contribution in [0.4, 0.5) is 0 Å². The summed E-state index contributed by atoms with van der Waals surface area (Å²) in [6.07, 6.45) is 0. The second-order valence-corrected chi connectivity index (χ2v) is 7.78. The van der Waals surface area contributed by atoms with Crippen LogP contribution < -0.4 is 4.18 Å². The average Bonchev–Trinajstić information content (AvgIpc) is 2.53. The third-order valence-corrected chi connectivity index (χ3v) is 4.81. The first kappa shape index (κ1) is 19.0. The molecule has 0 heterocycles. The highest BCUT2D eigenvalue weighted by atomic mass is 32.2. The molecule has 25 heavy (non-hydrogen) atoms. The highest BCUT2D eigenvalue weighted by Gasteiger charge is 2.16. The zero-order chi connectivity index (χ0) is 18.6. The van der Waals surface area contributed by atoms with E-state index in [1.165, 1.54) is 19.2 Å². The van der Waals surface area contributed by atoms with Crippen molar-refractivity contribution in [2.75, 3.05) is 7.11 Å². The molecule has 6 heteroatoms. The van der Waals surface area contributed by atoms with E-state index >= 15 is 0 Å². The summed E-state index contributed by atoms with van der Waals surface area (Å²) < 4.78 is 34.5. The lowest BCUT2D eigenvalue weighted by Crippen LogP contribution is -2.12. The number of rotatable bonds is 6. The lowest BCUT2D eigenvalue weighted by Gasteiger charge is -2.12. The summed E-state index contributed by atoms with van der Waals surface area (Å²) in [4.78, 5) is 11.4. The van der Waals surface area contributed by atoms with E-state index in [1.807, 2.05) is 26.8 Å². The van der Waals surface area contributed by atoms with E-state index in [-0.39, 0.29) is 11.7 Å². The summed E-state index contributed by atoms with van der Waals surface area (Å²) in [5, 5.41) is 0. The number of esters is 1. The Balaban J connectivity index is 2.16. The van der Waals surface area contributed by atoms with Gasteiger partial charge in [-0.3, -0.25) is 0 Å². The minimum atomic E-state index is -3.80. The molecule has 0 aliphatic rings. The first-order chi connectivity index (χ1) is 11.7. The largest absolute Gasteiger partial charge is 0.465 e. The minimum Gasteiger partial charge on any atom is -0.465 e. The predicted octanol–water partition coefficient (Wildman–Crippen LogP) is 3.81. The molecule has 0 N–H and O–H groups in total. The van der Waals surface area contributed by atoms with E-state index in [2.05, 4.69) is 4.74 Å². The van der Waals surface area contributed by atoms with Crippen molar-refractivity contribution in [2.24, 2.45) is 0 Å². The quantitative estimate of drug-likeness (QED) is 0.577. The minimum absolute atomic E-state index is 0.274. The fraction of sp³-hybridized carbons (Fsp3) is 0.316. The molecule has 5 nitrogen and oxygen atoms in total. The molecule has 2 rings (SSSR count). The van der Waals surface area contributed by atoms with Gasteiger partial charge in [0.2, 0.25) is 0 Å². The molecular weight excluding hydrogens is 340 g/mol. The summed E-state index contributed by atoms with van der Waals surface area (Å²) in [5.41, 5.74) is 2.86. The van der Waals surface area contributed by atoms with Crippen LogP contribution in [0, 0.1) is 6.92 Å². The lowest BCUT2D eigenvalue weighted by atomic mass is 10.0. The zero-order valence-electron chi connectivity index (χ0n) is 14.8. The maximum Gasteiger partial charge on any atom is 0.337 e. The molecule has 0 aliphatic carbocycles. The van der Waals surface area contributed by atoms with Crippen LogP contribution in [0.5, 0.6) is 5.75 Å². The topological polar surface area (TPSA) is 69.7 Å². The van der Waals surface area contributed by atoms with Gasteiger partial charge in [-0.25, -0.2) is 4.79 Å². The monoisotopic (exact) mass is 362 g/mol. The van der Waals surface area contributed by atoms with Crippen LogP contribution in [0.2, 0.25) is 0 Å². The van der Waals surface area contributed by atoms with E-state index in [0.717, 1.165) is 11.1 Å². The highest BCUT2D eigenvalue weighted by molar-refractivity contribution is 7.86. The summed E-state index contributed by atoms with van der Waals surface area (Å²) in [5.74, 6) is -0.156. The smallest absolute Gasteiger partial charge is 0.337 e. The van der Waals surface area contributed by atoms with Gasteiger partial charge in [0.25, 0.3) is 0 Å². The number of ether oxygens (including phenoxy) is 1. The van der Waals surface area contributed by atoms with Crippen LogP contribution >= 0.6 is 0 Å². The summed E-state index contributed by atoms with van der Waals surface area (Å²) in [6, 6.07) is 11.7. The molecule has 2 aromatic carbocycles. The molecule has 134 valence electrons. The van der Waals surface area contributed by atoms with E-state index in [1.54, 1.807) is 24.3 Å². The third-order valence-electron chi connectivity index (χ3n) is 3.68. The first-order valence-corrected chi connectivity index (χ1v) is 9.49. The van der Waals surface area contributed by atoms with Gasteiger partial charge in [0.05, 0.1) is 12.7 Å². The van der Waals surface area contributed by atoms with E-state index in [9.17, 15) is 13.2 Å². The highest BCUT2D eigenvalue weighted by Crippen LogP contribution is 2.24. The first-order valence-electron chi connectivity index (χ1n) is 7.91. The van der Waals surface area contributed by atoms with E-state index in [0.29, 0.717) is 16.9 Å². The van der Waals surface area contributed by atoms with Crippen LogP contribution in [0.15, 0.2) is 42.5 Å². The summed E-state index contributed by atoms with van der Waals surface area (Å²) in [6.45, 7) is 5.97. The van der Waals surface area contributed by atoms with Crippen LogP contribution in [-0.4, -0.2) is 21.5 Å². The van der Waals surface area contributed by atoms with Crippen LogP contribution in [-0.2, 0) is 20.6 Å². The Kier molecular flexibility index (Phi) is 5.85. The molecule has 0 aliphatic heterocycles. The molecule has 0 fully saturated rings. The summed E-state index contributed by atoms with van der Waals surface area (Å²) >= 11 is 0. The third kappa shape index (κ3) is 5.32. The Morgan fingerprint density at radius 1 is 1.08 bits per heavy atom. The van der Waals surface area contributed by atoms with Gasteiger partial charge in [-0.2, -0.15) is 8.42 Å². The summed E-state index contributed by atoms with van der Waals surface area (Å²) in [7, 11) is -2.51. The van der Waals surface area contributed by atoms with Gasteiger partial charge in [-0.1, -0.05) is 32.0 Å². The van der Waals surface area contributed by atoms with Crippen molar-refractivity contribution in [3.05, 3.63) is 64.7 Å². The van der Waals surface area contributed by atoms with Crippen molar-refractivity contribution < 1.29 is 22.1 Å². The SMILES string of the molecule is COC(=O)c1ccc(CS(=O)(=O)Oc2cc(C)cc(C(C)C)c2)cc1. The molecule has 0 radical (unpaired) electrons. The normalized spacial score (nSPS) is 11.4. The maximum absolute atomic E-state index is 12.3. The van der Waals surface area contributed by atoms with Crippen molar-refractivity contribution >= 4 is 16.1 Å². The number of methoxy groups -OCH3 is 1. The predicted molar refractivity (Wildman–Crippen MR) is 96.3 cm³/mol. The number of carbonyl (C=O) groups is 1. The van der Waals surface area contributed by atoms with Crippen molar-refractivity contribution in [1.82, 2.24) is 0 Å². The van der Waals surface area contributed by atoms with Crippen molar-refractivity contribution in [1.29, 1.82) is 0 Å². The van der Waals surface area contributed by atoms with Crippen molar-refractivity contribution in [2.45, 2.75) is 32.4 Å². The van der Waals surface area contributed by atoms with Crippen LogP contribution in [0.25, 0.3) is 0 Å². The Labute approximate surface area is 148 Å². The molecule has 0 saturated carbocycles. The van der Waals surface area contributed by atoms with Gasteiger partial charge in [0.15, 0.2) is 0 Å². The molecule has 0 amide bonds. The second kappa shape index (κ2) is 7.70. The molecule has 0 spiro atoms. The molecule has 0 saturated heterocycles. The Morgan fingerprint density at radius 2 is 1.72 bits per heavy atom. The Hall–Kier alpha value is -2.34. The number of aryl methyl sites for hydroxylation is 1. The van der Waals surface area contributed by atoms with Gasteiger partial charge in [-0.05, 0) is 53.8 Å². The van der Waals surface area contributed by atoms with E-state index in [4.69, 9.17) is 4.18 Å². The van der Waals surface area contributed by atoms with Crippen molar-refractivity contribution in [3.63, 3.8) is 0 Å². The van der Waals surface area contributed by atoms with Crippen LogP contribution in [0.1, 0.15) is 46.8 Å². The molecular formula is C19H22O5S. The lowest BCUT2D eigenvalue weighted by molar-refractivity contribution is 0.0600. The zero-order valence-corrected chi connectivity index (χ0v) is 15.6. The van der Waals surface area contributed by atoms with Gasteiger partial charge in [0, 0.05) is 0 Å². The number of hydrogen-bond donors (Lipinski definition) is 0. The molecule has 0 atom stereocenters. The average molecular weight is 362 g/mol. The van der Waals surface area contributed by atoms with Crippen LogP contribution in [0.3, 0.4) is 0 Å². The molecule has 0 unspecified atom stereocenters.